The van der Waals surface area contributed by atoms with Gasteiger partial charge >= 0.3 is 0 Å². The van der Waals surface area contributed by atoms with Crippen LogP contribution in [0.25, 0.3) is 11.6 Å². The Balaban J connectivity index is 2.32. The van der Waals surface area contributed by atoms with Crippen LogP contribution in [-0.2, 0) is 4.79 Å². The van der Waals surface area contributed by atoms with Crippen molar-refractivity contribution < 1.29 is 9.72 Å². The van der Waals surface area contributed by atoms with Crippen molar-refractivity contribution in [1.29, 1.82) is 0 Å². The number of benzene rings is 1. The molecule has 0 saturated heterocycles. The highest BCUT2D eigenvalue weighted by Gasteiger charge is 2.15. The Bertz CT molecular complexity index is 738. The summed E-state index contributed by atoms with van der Waals surface area (Å²) in [6.07, 6.45) is 6.61. The van der Waals surface area contributed by atoms with Crippen molar-refractivity contribution in [2.45, 2.75) is 0 Å². The van der Waals surface area contributed by atoms with E-state index in [2.05, 4.69) is 0 Å². The topological polar surface area (TPSA) is 60.2 Å². The number of nitrogens with zero attached hydrogens (tertiary/aromatic N) is 1. The smallest absolute Gasteiger partial charge is 0.270 e. The number of fused-ring (bicyclic) bond motifs is 2. The van der Waals surface area contributed by atoms with E-state index in [1.807, 2.05) is 0 Å². The number of carbonyl (C=O) groups excluding carboxylic acids is 1. The SMILES string of the molecule is O=C1C=CC2=c3ccc([N+](=O)[O-])cc3=CC2=C1. The fourth-order valence-corrected chi connectivity index (χ4v) is 2.10. The van der Waals surface area contributed by atoms with Crippen molar-refractivity contribution >= 4 is 23.1 Å². The van der Waals surface area contributed by atoms with E-state index in [9.17, 15) is 14.9 Å². The van der Waals surface area contributed by atoms with Crippen LogP contribution in [0.3, 0.4) is 0 Å². The van der Waals surface area contributed by atoms with Gasteiger partial charge in [-0.05, 0) is 52.0 Å². The lowest BCUT2D eigenvalue weighted by Crippen LogP contribution is -2.22. The number of rotatable bonds is 1. The molecule has 0 unspecified atom stereocenters. The third kappa shape index (κ3) is 1.42. The molecule has 0 atom stereocenters. The molecular weight excluding hydrogens is 218 g/mol. The second-order valence-electron chi connectivity index (χ2n) is 3.92. The van der Waals surface area contributed by atoms with Gasteiger partial charge in [0.1, 0.15) is 0 Å². The second-order valence-corrected chi connectivity index (χ2v) is 3.92. The maximum absolute atomic E-state index is 11.2. The van der Waals surface area contributed by atoms with Crippen molar-refractivity contribution in [2.24, 2.45) is 0 Å². The summed E-state index contributed by atoms with van der Waals surface area (Å²) in [4.78, 5) is 21.5. The number of hydrogen-bond donors (Lipinski definition) is 0. The van der Waals surface area contributed by atoms with E-state index in [-0.39, 0.29) is 11.5 Å². The molecule has 4 heteroatoms. The van der Waals surface area contributed by atoms with Crippen LogP contribution < -0.4 is 10.4 Å². The summed E-state index contributed by atoms with van der Waals surface area (Å²) in [7, 11) is 0. The zero-order valence-corrected chi connectivity index (χ0v) is 8.71. The van der Waals surface area contributed by atoms with Gasteiger partial charge in [-0.3, -0.25) is 14.9 Å². The van der Waals surface area contributed by atoms with E-state index in [1.165, 1.54) is 18.2 Å². The molecule has 0 fully saturated rings. The standard InChI is InChI=1S/C13H7NO3/c15-11-2-4-13-9(7-11)5-8-6-10(14(16)17)1-3-12(8)13/h1-7H. The lowest BCUT2D eigenvalue weighted by atomic mass is 10.0. The summed E-state index contributed by atoms with van der Waals surface area (Å²) in [6, 6.07) is 4.73. The van der Waals surface area contributed by atoms with Gasteiger partial charge in [0.05, 0.1) is 4.92 Å². The minimum absolute atomic E-state index is 0.0534. The van der Waals surface area contributed by atoms with Gasteiger partial charge in [0, 0.05) is 12.1 Å². The number of carbonyl (C=O) groups is 1. The minimum atomic E-state index is -0.421. The molecule has 2 aliphatic carbocycles. The van der Waals surface area contributed by atoms with Crippen LogP contribution >= 0.6 is 0 Å². The number of non-ortho nitro benzene ring substituents is 1. The molecule has 0 spiro atoms. The minimum Gasteiger partial charge on any atom is -0.290 e. The average Bonchev–Trinajstić information content (AvgIpc) is 2.64. The molecule has 3 rings (SSSR count). The number of ketones is 1. The van der Waals surface area contributed by atoms with Gasteiger partial charge in [-0.1, -0.05) is 0 Å². The highest BCUT2D eigenvalue weighted by Crippen LogP contribution is 2.20. The first kappa shape index (κ1) is 9.72. The Kier molecular flexibility index (Phi) is 1.86. The lowest BCUT2D eigenvalue weighted by molar-refractivity contribution is -0.385. The first-order valence-corrected chi connectivity index (χ1v) is 5.10. The van der Waals surface area contributed by atoms with Crippen LogP contribution in [0.4, 0.5) is 5.69 Å². The Morgan fingerprint density at radius 1 is 1.12 bits per heavy atom. The molecule has 4 nitrogen and oxygen atoms in total. The quantitative estimate of drug-likeness (QED) is 0.519. The number of hydrogen-bond acceptors (Lipinski definition) is 3. The molecular formula is C13H7NO3. The first-order valence-electron chi connectivity index (χ1n) is 5.10. The zero-order chi connectivity index (χ0) is 12.0. The molecule has 82 valence electrons. The van der Waals surface area contributed by atoms with Gasteiger partial charge in [0.2, 0.25) is 0 Å². The Morgan fingerprint density at radius 3 is 2.71 bits per heavy atom. The summed E-state index contributed by atoms with van der Waals surface area (Å²) in [5, 5.41) is 12.4. The molecule has 0 amide bonds. The number of nitro benzene ring substituents is 1. The van der Waals surface area contributed by atoms with Crippen LogP contribution in [0.5, 0.6) is 0 Å². The van der Waals surface area contributed by atoms with Gasteiger partial charge in [-0.2, -0.15) is 0 Å². The van der Waals surface area contributed by atoms with Crippen LogP contribution in [0.15, 0.2) is 42.0 Å². The van der Waals surface area contributed by atoms with Gasteiger partial charge in [0.25, 0.3) is 5.69 Å². The van der Waals surface area contributed by atoms with Crippen molar-refractivity contribution in [2.75, 3.05) is 0 Å². The van der Waals surface area contributed by atoms with Crippen LogP contribution in [-0.4, -0.2) is 10.7 Å². The third-order valence-electron chi connectivity index (χ3n) is 2.87. The predicted octanol–water partition coefficient (Wildman–Crippen LogP) is 0.605. The molecule has 17 heavy (non-hydrogen) atoms. The Labute approximate surface area is 96.0 Å². The fourth-order valence-electron chi connectivity index (χ4n) is 2.10. The molecule has 1 aromatic rings. The summed E-state index contributed by atoms with van der Waals surface area (Å²) in [5.41, 5.74) is 1.85. The zero-order valence-electron chi connectivity index (χ0n) is 8.71. The van der Waals surface area contributed by atoms with Gasteiger partial charge < -0.3 is 0 Å². The van der Waals surface area contributed by atoms with E-state index in [4.69, 9.17) is 0 Å². The summed E-state index contributed by atoms with van der Waals surface area (Å²) < 4.78 is 0. The number of nitro groups is 1. The molecule has 1 aromatic carbocycles. The van der Waals surface area contributed by atoms with E-state index in [1.54, 1.807) is 24.3 Å². The highest BCUT2D eigenvalue weighted by atomic mass is 16.6. The Morgan fingerprint density at radius 2 is 1.94 bits per heavy atom. The van der Waals surface area contributed by atoms with E-state index < -0.39 is 4.92 Å². The number of allylic oxidation sites excluding steroid dienone is 4. The van der Waals surface area contributed by atoms with Gasteiger partial charge in [-0.15, -0.1) is 0 Å². The molecule has 0 aliphatic heterocycles. The van der Waals surface area contributed by atoms with Gasteiger partial charge in [0.15, 0.2) is 5.78 Å². The maximum atomic E-state index is 11.2. The predicted molar refractivity (Wildman–Crippen MR) is 62.4 cm³/mol. The van der Waals surface area contributed by atoms with Gasteiger partial charge in [-0.25, -0.2) is 0 Å². The molecule has 0 N–H and O–H groups in total. The van der Waals surface area contributed by atoms with Crippen molar-refractivity contribution in [1.82, 2.24) is 0 Å². The normalized spacial score (nSPS) is 16.1. The van der Waals surface area contributed by atoms with E-state index in [0.717, 1.165) is 21.6 Å². The van der Waals surface area contributed by atoms with Crippen LogP contribution in [0, 0.1) is 10.1 Å². The molecule has 0 heterocycles. The monoisotopic (exact) mass is 225 g/mol. The molecule has 0 aromatic heterocycles. The van der Waals surface area contributed by atoms with Crippen molar-refractivity contribution in [3.63, 3.8) is 0 Å². The van der Waals surface area contributed by atoms with Crippen molar-refractivity contribution in [3.8, 4) is 0 Å². The van der Waals surface area contributed by atoms with Crippen LogP contribution in [0.2, 0.25) is 0 Å². The van der Waals surface area contributed by atoms with Crippen molar-refractivity contribution in [3.05, 3.63) is 62.6 Å². The molecule has 0 bridgehead atoms. The lowest BCUT2D eigenvalue weighted by Gasteiger charge is -2.02. The fraction of sp³-hybridized carbons (Fsp3) is 0. The third-order valence-corrected chi connectivity index (χ3v) is 2.87. The van der Waals surface area contributed by atoms with E-state index >= 15 is 0 Å². The first-order chi connectivity index (χ1) is 8.15. The highest BCUT2D eigenvalue weighted by molar-refractivity contribution is 6.09. The average molecular weight is 225 g/mol. The maximum Gasteiger partial charge on any atom is 0.270 e. The summed E-state index contributed by atoms with van der Waals surface area (Å²) in [6.45, 7) is 0. The molecule has 2 aliphatic rings. The largest absolute Gasteiger partial charge is 0.290 e. The second kappa shape index (κ2) is 3.25. The molecule has 0 saturated carbocycles. The van der Waals surface area contributed by atoms with E-state index in [0.29, 0.717) is 0 Å². The molecule has 0 radical (unpaired) electrons. The van der Waals surface area contributed by atoms with Crippen LogP contribution in [0.1, 0.15) is 0 Å². The summed E-state index contributed by atoms with van der Waals surface area (Å²) in [5.74, 6) is -0.0534. The summed E-state index contributed by atoms with van der Waals surface area (Å²) >= 11 is 0. The Hall–Kier alpha value is -2.49.